The lowest BCUT2D eigenvalue weighted by molar-refractivity contribution is -0.0767. The Kier molecular flexibility index (Phi) is 2.89. The second-order valence-electron chi connectivity index (χ2n) is 5.86. The summed E-state index contributed by atoms with van der Waals surface area (Å²) in [6.07, 6.45) is 1.02. The molecule has 1 saturated heterocycles. The van der Waals surface area contributed by atoms with Crippen molar-refractivity contribution >= 4 is 11.3 Å². The summed E-state index contributed by atoms with van der Waals surface area (Å²) in [5, 5.41) is 4.23. The molecule has 2 atom stereocenters. The summed E-state index contributed by atoms with van der Waals surface area (Å²) >= 11 is 1.71. The van der Waals surface area contributed by atoms with Crippen LogP contribution in [0.1, 0.15) is 45.7 Å². The number of hydrogen-bond acceptors (Lipinski definition) is 3. The zero-order valence-corrected chi connectivity index (χ0v) is 11.3. The molecule has 90 valence electrons. The number of rotatable bonds is 2. The molecule has 1 fully saturated rings. The molecule has 2 nitrogen and oxygen atoms in total. The van der Waals surface area contributed by atoms with Crippen LogP contribution in [0.2, 0.25) is 0 Å². The molecule has 2 N–H and O–H groups in total. The van der Waals surface area contributed by atoms with Crippen molar-refractivity contribution in [2.45, 2.75) is 51.4 Å². The van der Waals surface area contributed by atoms with E-state index in [9.17, 15) is 0 Å². The fourth-order valence-electron chi connectivity index (χ4n) is 2.86. The van der Waals surface area contributed by atoms with Crippen molar-refractivity contribution in [2.24, 2.45) is 11.7 Å². The Hall–Kier alpha value is -0.380. The Morgan fingerprint density at radius 3 is 2.56 bits per heavy atom. The molecule has 0 spiro atoms. The van der Waals surface area contributed by atoms with Crippen LogP contribution >= 0.6 is 11.3 Å². The van der Waals surface area contributed by atoms with Gasteiger partial charge in [-0.3, -0.25) is 0 Å². The van der Waals surface area contributed by atoms with Crippen molar-refractivity contribution < 1.29 is 4.74 Å². The smallest absolute Gasteiger partial charge is 0.0680 e. The van der Waals surface area contributed by atoms with E-state index < -0.39 is 0 Å². The summed E-state index contributed by atoms with van der Waals surface area (Å²) < 4.78 is 6.09. The van der Waals surface area contributed by atoms with E-state index in [1.165, 1.54) is 5.56 Å². The van der Waals surface area contributed by atoms with E-state index >= 15 is 0 Å². The van der Waals surface area contributed by atoms with Gasteiger partial charge in [0.1, 0.15) is 0 Å². The highest BCUT2D eigenvalue weighted by atomic mass is 32.1. The first-order chi connectivity index (χ1) is 7.32. The first-order valence-electron chi connectivity index (χ1n) is 5.80. The molecule has 1 aliphatic heterocycles. The van der Waals surface area contributed by atoms with Gasteiger partial charge in [-0.25, -0.2) is 0 Å². The van der Waals surface area contributed by atoms with Gasteiger partial charge in [-0.1, -0.05) is 0 Å². The molecule has 2 unspecified atom stereocenters. The van der Waals surface area contributed by atoms with Gasteiger partial charge in [0.2, 0.25) is 0 Å². The molecule has 3 heteroatoms. The lowest BCUT2D eigenvalue weighted by Gasteiger charge is -2.30. The first-order valence-corrected chi connectivity index (χ1v) is 6.74. The zero-order valence-electron chi connectivity index (χ0n) is 10.5. The van der Waals surface area contributed by atoms with Gasteiger partial charge in [-0.2, -0.15) is 11.3 Å². The Morgan fingerprint density at radius 1 is 1.44 bits per heavy atom. The molecule has 2 heterocycles. The average Bonchev–Trinajstić information content (AvgIpc) is 2.69. The van der Waals surface area contributed by atoms with Crippen LogP contribution in [-0.4, -0.2) is 11.2 Å². The fourth-order valence-corrected chi connectivity index (χ4v) is 3.57. The Bertz CT molecular complexity index is 356. The van der Waals surface area contributed by atoms with Crippen molar-refractivity contribution in [3.05, 3.63) is 22.4 Å². The van der Waals surface area contributed by atoms with Crippen LogP contribution in [0.25, 0.3) is 0 Å². The van der Waals surface area contributed by atoms with Crippen molar-refractivity contribution in [1.82, 2.24) is 0 Å². The standard InChI is InChI=1S/C13H21NOS/c1-12(2)7-10(13(3,4)15-12)11(14)9-5-6-16-8-9/h5-6,8,10-11H,7,14H2,1-4H3. The molecule has 0 radical (unpaired) electrons. The van der Waals surface area contributed by atoms with Gasteiger partial charge in [0.15, 0.2) is 0 Å². The van der Waals surface area contributed by atoms with E-state index in [4.69, 9.17) is 10.5 Å². The lowest BCUT2D eigenvalue weighted by atomic mass is 9.80. The summed E-state index contributed by atoms with van der Waals surface area (Å²) in [7, 11) is 0. The third-order valence-electron chi connectivity index (χ3n) is 3.51. The van der Waals surface area contributed by atoms with Crippen LogP contribution in [0.15, 0.2) is 16.8 Å². The molecule has 0 bridgehead atoms. The third kappa shape index (κ3) is 2.17. The van der Waals surface area contributed by atoms with Gasteiger partial charge >= 0.3 is 0 Å². The summed E-state index contributed by atoms with van der Waals surface area (Å²) in [4.78, 5) is 0. The van der Waals surface area contributed by atoms with Gasteiger partial charge in [0.25, 0.3) is 0 Å². The molecular formula is C13H21NOS. The Labute approximate surface area is 102 Å². The topological polar surface area (TPSA) is 35.2 Å². The van der Waals surface area contributed by atoms with Gasteiger partial charge in [-0.15, -0.1) is 0 Å². The van der Waals surface area contributed by atoms with Gasteiger partial charge in [-0.05, 0) is 56.5 Å². The molecule has 16 heavy (non-hydrogen) atoms. The normalized spacial score (nSPS) is 29.2. The summed E-state index contributed by atoms with van der Waals surface area (Å²) in [6, 6.07) is 2.21. The van der Waals surface area contributed by atoms with Crippen LogP contribution in [0.5, 0.6) is 0 Å². The lowest BCUT2D eigenvalue weighted by Crippen LogP contribution is -2.35. The van der Waals surface area contributed by atoms with E-state index in [2.05, 4.69) is 44.5 Å². The highest BCUT2D eigenvalue weighted by molar-refractivity contribution is 7.07. The zero-order chi connectivity index (χ0) is 12.0. The number of ether oxygens (including phenoxy) is 1. The minimum atomic E-state index is -0.134. The van der Waals surface area contributed by atoms with Gasteiger partial charge in [0.05, 0.1) is 11.2 Å². The van der Waals surface area contributed by atoms with Crippen LogP contribution in [0.4, 0.5) is 0 Å². The summed E-state index contributed by atoms with van der Waals surface area (Å²) in [6.45, 7) is 8.60. The monoisotopic (exact) mass is 239 g/mol. The van der Waals surface area contributed by atoms with E-state index in [0.717, 1.165) is 6.42 Å². The minimum Gasteiger partial charge on any atom is -0.369 e. The molecule has 0 aliphatic carbocycles. The van der Waals surface area contributed by atoms with Crippen LogP contribution in [0, 0.1) is 5.92 Å². The van der Waals surface area contributed by atoms with Crippen molar-refractivity contribution in [2.75, 3.05) is 0 Å². The molecule has 1 aromatic rings. The number of hydrogen-bond donors (Lipinski definition) is 1. The van der Waals surface area contributed by atoms with Crippen molar-refractivity contribution in [1.29, 1.82) is 0 Å². The molecule has 1 aromatic heterocycles. The van der Waals surface area contributed by atoms with Crippen LogP contribution in [-0.2, 0) is 4.74 Å². The Balaban J connectivity index is 2.22. The molecule has 0 saturated carbocycles. The second-order valence-corrected chi connectivity index (χ2v) is 6.64. The maximum Gasteiger partial charge on any atom is 0.0680 e. The molecule has 1 aliphatic rings. The minimum absolute atomic E-state index is 0.0538. The fraction of sp³-hybridized carbons (Fsp3) is 0.692. The van der Waals surface area contributed by atoms with E-state index in [-0.39, 0.29) is 17.2 Å². The van der Waals surface area contributed by atoms with Crippen molar-refractivity contribution in [3.63, 3.8) is 0 Å². The van der Waals surface area contributed by atoms with Crippen molar-refractivity contribution in [3.8, 4) is 0 Å². The second kappa shape index (κ2) is 3.83. The predicted molar refractivity (Wildman–Crippen MR) is 68.6 cm³/mol. The highest BCUT2D eigenvalue weighted by Gasteiger charge is 2.48. The van der Waals surface area contributed by atoms with E-state index in [1.54, 1.807) is 11.3 Å². The quantitative estimate of drug-likeness (QED) is 0.859. The SMILES string of the molecule is CC1(C)CC(C(N)c2ccsc2)C(C)(C)O1. The third-order valence-corrected chi connectivity index (χ3v) is 4.21. The highest BCUT2D eigenvalue weighted by Crippen LogP contribution is 2.46. The molecule has 0 amide bonds. The van der Waals surface area contributed by atoms with Gasteiger partial charge in [0, 0.05) is 12.0 Å². The molecule has 2 rings (SSSR count). The molecule has 0 aromatic carbocycles. The summed E-state index contributed by atoms with van der Waals surface area (Å²) in [5.74, 6) is 0.386. The molecular weight excluding hydrogens is 218 g/mol. The van der Waals surface area contributed by atoms with E-state index in [0.29, 0.717) is 5.92 Å². The van der Waals surface area contributed by atoms with Gasteiger partial charge < -0.3 is 10.5 Å². The average molecular weight is 239 g/mol. The van der Waals surface area contributed by atoms with E-state index in [1.807, 2.05) is 0 Å². The van der Waals surface area contributed by atoms with Crippen LogP contribution < -0.4 is 5.73 Å². The predicted octanol–water partition coefficient (Wildman–Crippen LogP) is 3.34. The number of thiophene rings is 1. The largest absolute Gasteiger partial charge is 0.369 e. The Morgan fingerprint density at radius 2 is 2.12 bits per heavy atom. The van der Waals surface area contributed by atoms with Crippen LogP contribution in [0.3, 0.4) is 0 Å². The number of nitrogens with two attached hydrogens (primary N) is 1. The summed E-state index contributed by atoms with van der Waals surface area (Å²) in [5.41, 5.74) is 7.42. The first kappa shape index (κ1) is 12.1. The maximum absolute atomic E-state index is 6.37. The maximum atomic E-state index is 6.37.